The lowest BCUT2D eigenvalue weighted by Gasteiger charge is -2.32. The number of ether oxygens (including phenoxy) is 2. The van der Waals surface area contributed by atoms with Crippen LogP contribution in [0.4, 0.5) is 0 Å². The number of carbonyl (C=O) groups is 1. The van der Waals surface area contributed by atoms with Crippen LogP contribution in [0.3, 0.4) is 0 Å². The summed E-state index contributed by atoms with van der Waals surface area (Å²) in [6, 6.07) is 0.506. The Morgan fingerprint density at radius 3 is 2.71 bits per heavy atom. The van der Waals surface area contributed by atoms with E-state index < -0.39 is 0 Å². The van der Waals surface area contributed by atoms with Gasteiger partial charge < -0.3 is 14.4 Å². The molecule has 5 heteroatoms. The number of morpholine rings is 1. The third-order valence-electron chi connectivity index (χ3n) is 3.74. The van der Waals surface area contributed by atoms with E-state index in [9.17, 15) is 4.79 Å². The number of hydrogen-bond donors (Lipinski definition) is 0. The number of amides is 1. The van der Waals surface area contributed by atoms with Gasteiger partial charge >= 0.3 is 0 Å². The molecule has 0 N–H and O–H groups in total. The first-order valence-corrected chi connectivity index (χ1v) is 6.35. The summed E-state index contributed by atoms with van der Waals surface area (Å²) in [6.07, 6.45) is 0.751. The molecule has 0 aromatic heterocycles. The zero-order chi connectivity index (χ0) is 12.3. The number of carbonyl (C=O) groups excluding carboxylic acids is 1. The Morgan fingerprint density at radius 2 is 2.06 bits per heavy atom. The predicted octanol–water partition coefficient (Wildman–Crippen LogP) is -0.0456. The molecular formula is C12H22N2O3. The van der Waals surface area contributed by atoms with Crippen molar-refractivity contribution in [2.75, 3.05) is 46.5 Å². The molecule has 2 unspecified atom stereocenters. The Hall–Kier alpha value is -0.650. The van der Waals surface area contributed by atoms with E-state index in [0.717, 1.165) is 45.8 Å². The highest BCUT2D eigenvalue weighted by molar-refractivity contribution is 5.80. The number of methoxy groups -OCH3 is 1. The van der Waals surface area contributed by atoms with Gasteiger partial charge in [-0.2, -0.15) is 0 Å². The Bertz CT molecular complexity index is 266. The molecule has 2 rings (SSSR count). The van der Waals surface area contributed by atoms with Gasteiger partial charge in [-0.25, -0.2) is 0 Å². The number of likely N-dealkylation sites (tertiary alicyclic amines) is 1. The van der Waals surface area contributed by atoms with E-state index in [4.69, 9.17) is 9.47 Å². The van der Waals surface area contributed by atoms with Gasteiger partial charge in [-0.15, -0.1) is 0 Å². The molecule has 2 fully saturated rings. The molecule has 5 nitrogen and oxygen atoms in total. The largest absolute Gasteiger partial charge is 0.379 e. The second kappa shape index (κ2) is 5.80. The second-order valence-corrected chi connectivity index (χ2v) is 4.75. The molecular weight excluding hydrogens is 220 g/mol. The van der Waals surface area contributed by atoms with Gasteiger partial charge in [0.05, 0.1) is 13.2 Å². The fraction of sp³-hybridized carbons (Fsp3) is 0.917. The van der Waals surface area contributed by atoms with Crippen molar-refractivity contribution in [3.63, 3.8) is 0 Å². The molecule has 0 radical (unpaired) electrons. The second-order valence-electron chi connectivity index (χ2n) is 4.75. The molecule has 0 aromatic carbocycles. The van der Waals surface area contributed by atoms with Crippen LogP contribution >= 0.6 is 0 Å². The van der Waals surface area contributed by atoms with Gasteiger partial charge in [0, 0.05) is 39.3 Å². The molecule has 0 aliphatic carbocycles. The lowest BCUT2D eigenvalue weighted by Crippen LogP contribution is -2.46. The maximum Gasteiger partial charge on any atom is 0.251 e. The third kappa shape index (κ3) is 2.97. The van der Waals surface area contributed by atoms with Gasteiger partial charge in [-0.3, -0.25) is 9.69 Å². The molecule has 1 amide bonds. The van der Waals surface area contributed by atoms with Crippen LogP contribution in [0.5, 0.6) is 0 Å². The van der Waals surface area contributed by atoms with Crippen LogP contribution in [0.1, 0.15) is 13.3 Å². The van der Waals surface area contributed by atoms with Crippen molar-refractivity contribution in [3.05, 3.63) is 0 Å². The maximum atomic E-state index is 12.0. The fourth-order valence-corrected chi connectivity index (χ4v) is 2.54. The number of hydrogen-bond acceptors (Lipinski definition) is 4. The molecule has 2 heterocycles. The maximum absolute atomic E-state index is 12.0. The Morgan fingerprint density at radius 1 is 1.35 bits per heavy atom. The van der Waals surface area contributed by atoms with Crippen LogP contribution in [0.15, 0.2) is 0 Å². The zero-order valence-corrected chi connectivity index (χ0v) is 10.7. The average molecular weight is 242 g/mol. The SMILES string of the molecule is COC(C)C(=O)N1CCC(N2CCOCC2)C1. The lowest BCUT2D eigenvalue weighted by molar-refractivity contribution is -0.140. The summed E-state index contributed by atoms with van der Waals surface area (Å²) >= 11 is 0. The molecule has 0 saturated carbocycles. The number of nitrogens with zero attached hydrogens (tertiary/aromatic N) is 2. The Kier molecular flexibility index (Phi) is 4.36. The smallest absolute Gasteiger partial charge is 0.251 e. The van der Waals surface area contributed by atoms with Gasteiger partial charge in [0.25, 0.3) is 5.91 Å². The van der Waals surface area contributed by atoms with Crippen molar-refractivity contribution in [1.29, 1.82) is 0 Å². The Labute approximate surface area is 103 Å². The van der Waals surface area contributed by atoms with Crippen molar-refractivity contribution in [2.45, 2.75) is 25.5 Å². The molecule has 2 aliphatic heterocycles. The van der Waals surface area contributed by atoms with Gasteiger partial charge in [0.2, 0.25) is 0 Å². The first kappa shape index (κ1) is 12.8. The lowest BCUT2D eigenvalue weighted by atomic mass is 10.2. The quantitative estimate of drug-likeness (QED) is 0.696. The van der Waals surface area contributed by atoms with E-state index in [2.05, 4.69) is 4.90 Å². The van der Waals surface area contributed by atoms with Crippen molar-refractivity contribution >= 4 is 5.91 Å². The van der Waals surface area contributed by atoms with Crippen LogP contribution < -0.4 is 0 Å². The summed E-state index contributed by atoms with van der Waals surface area (Å²) in [6.45, 7) is 7.13. The van der Waals surface area contributed by atoms with Crippen molar-refractivity contribution < 1.29 is 14.3 Å². The summed E-state index contributed by atoms with van der Waals surface area (Å²) in [5, 5.41) is 0. The average Bonchev–Trinajstić information content (AvgIpc) is 2.87. The van der Waals surface area contributed by atoms with Crippen LogP contribution in [0.2, 0.25) is 0 Å². The molecule has 0 bridgehead atoms. The van der Waals surface area contributed by atoms with Crippen LogP contribution in [0.25, 0.3) is 0 Å². The Balaban J connectivity index is 1.84. The molecule has 2 saturated heterocycles. The van der Waals surface area contributed by atoms with E-state index in [0.29, 0.717) is 6.04 Å². The van der Waals surface area contributed by atoms with Crippen LogP contribution in [-0.4, -0.2) is 74.4 Å². The minimum atomic E-state index is -0.321. The van der Waals surface area contributed by atoms with Crippen LogP contribution in [-0.2, 0) is 14.3 Å². The van der Waals surface area contributed by atoms with Crippen molar-refractivity contribution in [1.82, 2.24) is 9.80 Å². The minimum Gasteiger partial charge on any atom is -0.379 e. The summed E-state index contributed by atoms with van der Waals surface area (Å²) in [7, 11) is 1.58. The highest BCUT2D eigenvalue weighted by atomic mass is 16.5. The normalized spacial score (nSPS) is 28.4. The molecule has 0 aromatic rings. The summed E-state index contributed by atoms with van der Waals surface area (Å²) in [5.74, 6) is 0.114. The molecule has 17 heavy (non-hydrogen) atoms. The standard InChI is InChI=1S/C12H22N2O3/c1-10(16-2)12(15)14-4-3-11(9-14)13-5-7-17-8-6-13/h10-11H,3-9H2,1-2H3. The van der Waals surface area contributed by atoms with Gasteiger partial charge in [0.15, 0.2) is 0 Å². The highest BCUT2D eigenvalue weighted by Crippen LogP contribution is 2.18. The fourth-order valence-electron chi connectivity index (χ4n) is 2.54. The summed E-state index contributed by atoms with van der Waals surface area (Å²) in [5.41, 5.74) is 0. The topological polar surface area (TPSA) is 42.0 Å². The zero-order valence-electron chi connectivity index (χ0n) is 10.7. The van der Waals surface area contributed by atoms with E-state index >= 15 is 0 Å². The highest BCUT2D eigenvalue weighted by Gasteiger charge is 2.32. The monoisotopic (exact) mass is 242 g/mol. The third-order valence-corrected chi connectivity index (χ3v) is 3.74. The first-order valence-electron chi connectivity index (χ1n) is 6.35. The number of rotatable bonds is 3. The molecule has 2 aliphatic rings. The van der Waals surface area contributed by atoms with Crippen molar-refractivity contribution in [3.8, 4) is 0 Å². The predicted molar refractivity (Wildman–Crippen MR) is 63.8 cm³/mol. The van der Waals surface area contributed by atoms with E-state index in [-0.39, 0.29) is 12.0 Å². The summed E-state index contributed by atoms with van der Waals surface area (Å²) in [4.78, 5) is 16.3. The van der Waals surface area contributed by atoms with Crippen LogP contribution in [0, 0.1) is 0 Å². The molecule has 0 spiro atoms. The van der Waals surface area contributed by atoms with Gasteiger partial charge in [-0.05, 0) is 13.3 Å². The van der Waals surface area contributed by atoms with E-state index in [1.54, 1.807) is 7.11 Å². The molecule has 2 atom stereocenters. The molecule has 98 valence electrons. The van der Waals surface area contributed by atoms with E-state index in [1.165, 1.54) is 0 Å². The summed E-state index contributed by atoms with van der Waals surface area (Å²) < 4.78 is 10.4. The van der Waals surface area contributed by atoms with E-state index in [1.807, 2.05) is 11.8 Å². The minimum absolute atomic E-state index is 0.114. The first-order chi connectivity index (χ1) is 8.22. The van der Waals surface area contributed by atoms with Gasteiger partial charge in [-0.1, -0.05) is 0 Å². The van der Waals surface area contributed by atoms with Crippen molar-refractivity contribution in [2.24, 2.45) is 0 Å². The van der Waals surface area contributed by atoms with Gasteiger partial charge in [0.1, 0.15) is 6.10 Å².